The highest BCUT2D eigenvalue weighted by Gasteiger charge is 2.22. The number of hydrogen-bond acceptors (Lipinski definition) is 3. The predicted octanol–water partition coefficient (Wildman–Crippen LogP) is 3.34. The summed E-state index contributed by atoms with van der Waals surface area (Å²) in [6, 6.07) is 8.83. The van der Waals surface area contributed by atoms with Gasteiger partial charge in [0.2, 0.25) is 0 Å². The van der Waals surface area contributed by atoms with Crippen molar-refractivity contribution in [2.75, 3.05) is 13.1 Å². The third-order valence-corrected chi connectivity index (χ3v) is 4.53. The van der Waals surface area contributed by atoms with Crippen molar-refractivity contribution in [3.8, 4) is 0 Å². The van der Waals surface area contributed by atoms with E-state index in [4.69, 9.17) is 0 Å². The molecule has 0 radical (unpaired) electrons. The van der Waals surface area contributed by atoms with E-state index in [-0.39, 0.29) is 0 Å². The molecule has 1 aromatic carbocycles. The minimum absolute atomic E-state index is 0.512. The van der Waals surface area contributed by atoms with E-state index in [0.717, 1.165) is 18.8 Å². The summed E-state index contributed by atoms with van der Waals surface area (Å²) >= 11 is 0. The van der Waals surface area contributed by atoms with E-state index >= 15 is 0 Å². The van der Waals surface area contributed by atoms with Crippen LogP contribution in [0.1, 0.15) is 30.0 Å². The number of rotatable bonds is 3. The molecule has 1 aliphatic heterocycles. The molecule has 0 amide bonds. The molecule has 2 aromatic heterocycles. The van der Waals surface area contributed by atoms with Crippen LogP contribution in [0.4, 0.5) is 0 Å². The summed E-state index contributed by atoms with van der Waals surface area (Å²) in [6.45, 7) is 3.25. The second-order valence-electron chi connectivity index (χ2n) is 6.10. The lowest BCUT2D eigenvalue weighted by Crippen LogP contribution is -2.34. The van der Waals surface area contributed by atoms with Crippen molar-refractivity contribution in [2.24, 2.45) is 0 Å². The molecule has 4 rings (SSSR count). The van der Waals surface area contributed by atoms with Crippen molar-refractivity contribution in [3.05, 3.63) is 60.3 Å². The number of fused-ring (bicyclic) bond motifs is 1. The van der Waals surface area contributed by atoms with Crippen molar-refractivity contribution >= 4 is 10.9 Å². The van der Waals surface area contributed by atoms with Gasteiger partial charge in [-0.1, -0.05) is 6.07 Å². The number of benzene rings is 1. The molecule has 1 saturated heterocycles. The van der Waals surface area contributed by atoms with Gasteiger partial charge in [0.05, 0.1) is 5.69 Å². The zero-order valence-electron chi connectivity index (χ0n) is 12.6. The Hall–Kier alpha value is -2.20. The highest BCUT2D eigenvalue weighted by atomic mass is 15.1. The topological polar surface area (TPSA) is 44.8 Å². The van der Waals surface area contributed by atoms with Crippen molar-refractivity contribution < 1.29 is 0 Å². The highest BCUT2D eigenvalue weighted by Crippen LogP contribution is 2.26. The average Bonchev–Trinajstić information content (AvgIpc) is 3.04. The number of nitrogens with zero attached hydrogens (tertiary/aromatic N) is 3. The first-order valence-electron chi connectivity index (χ1n) is 7.93. The SMILES string of the molecule is c1cnc(C2CCCN(Cc3ccc4[nH]ccc4c3)C2)cn1. The van der Waals surface area contributed by atoms with E-state index in [1.54, 1.807) is 12.4 Å². The molecule has 0 aliphatic carbocycles. The largest absolute Gasteiger partial charge is 0.361 e. The van der Waals surface area contributed by atoms with Crippen molar-refractivity contribution in [1.82, 2.24) is 19.9 Å². The number of H-pyrrole nitrogens is 1. The van der Waals surface area contributed by atoms with Gasteiger partial charge in [0.25, 0.3) is 0 Å². The Bertz CT molecular complexity index is 750. The van der Waals surface area contributed by atoms with Gasteiger partial charge in [0, 0.05) is 49.3 Å². The van der Waals surface area contributed by atoms with Crippen LogP contribution < -0.4 is 0 Å². The second-order valence-corrected chi connectivity index (χ2v) is 6.10. The summed E-state index contributed by atoms with van der Waals surface area (Å²) in [6.07, 6.45) is 9.91. The van der Waals surface area contributed by atoms with Crippen LogP contribution in [-0.2, 0) is 6.54 Å². The first kappa shape index (κ1) is 13.5. The van der Waals surface area contributed by atoms with Gasteiger partial charge in [-0.15, -0.1) is 0 Å². The fraction of sp³-hybridized carbons (Fsp3) is 0.333. The third-order valence-electron chi connectivity index (χ3n) is 4.53. The van der Waals surface area contributed by atoms with Crippen LogP contribution in [0.2, 0.25) is 0 Å². The average molecular weight is 292 g/mol. The van der Waals surface area contributed by atoms with Crippen LogP contribution in [-0.4, -0.2) is 32.9 Å². The number of aromatic amines is 1. The smallest absolute Gasteiger partial charge is 0.0630 e. The fourth-order valence-corrected chi connectivity index (χ4v) is 3.42. The Morgan fingerprint density at radius 2 is 2.23 bits per heavy atom. The van der Waals surface area contributed by atoms with E-state index in [1.807, 2.05) is 12.4 Å². The maximum absolute atomic E-state index is 4.48. The Kier molecular flexibility index (Phi) is 3.60. The summed E-state index contributed by atoms with van der Waals surface area (Å²) < 4.78 is 0. The van der Waals surface area contributed by atoms with Gasteiger partial charge in [0.1, 0.15) is 0 Å². The molecule has 1 atom stereocenters. The second kappa shape index (κ2) is 5.89. The minimum atomic E-state index is 0.512. The molecule has 0 bridgehead atoms. The summed E-state index contributed by atoms with van der Waals surface area (Å²) in [5.41, 5.74) is 3.72. The van der Waals surface area contributed by atoms with E-state index < -0.39 is 0 Å². The van der Waals surface area contributed by atoms with E-state index in [2.05, 4.69) is 44.1 Å². The number of nitrogens with one attached hydrogen (secondary N) is 1. The molecule has 3 aromatic rings. The minimum Gasteiger partial charge on any atom is -0.361 e. The fourth-order valence-electron chi connectivity index (χ4n) is 3.42. The Balaban J connectivity index is 1.48. The summed E-state index contributed by atoms with van der Waals surface area (Å²) in [5, 5.41) is 1.29. The number of piperidine rings is 1. The van der Waals surface area contributed by atoms with E-state index in [1.165, 1.54) is 35.9 Å². The Labute approximate surface area is 130 Å². The van der Waals surface area contributed by atoms with Crippen LogP contribution in [0, 0.1) is 0 Å². The lowest BCUT2D eigenvalue weighted by atomic mass is 9.94. The zero-order chi connectivity index (χ0) is 14.8. The monoisotopic (exact) mass is 292 g/mol. The van der Waals surface area contributed by atoms with Crippen LogP contribution in [0.25, 0.3) is 10.9 Å². The summed E-state index contributed by atoms with van der Waals surface area (Å²) in [7, 11) is 0. The van der Waals surface area contributed by atoms with Crippen molar-refractivity contribution in [2.45, 2.75) is 25.3 Å². The van der Waals surface area contributed by atoms with Gasteiger partial charge < -0.3 is 4.98 Å². The van der Waals surface area contributed by atoms with Crippen LogP contribution >= 0.6 is 0 Å². The highest BCUT2D eigenvalue weighted by molar-refractivity contribution is 5.79. The van der Waals surface area contributed by atoms with Crippen molar-refractivity contribution in [1.29, 1.82) is 0 Å². The van der Waals surface area contributed by atoms with Crippen LogP contribution in [0.3, 0.4) is 0 Å². The van der Waals surface area contributed by atoms with Crippen molar-refractivity contribution in [3.63, 3.8) is 0 Å². The molecule has 22 heavy (non-hydrogen) atoms. The molecule has 4 nitrogen and oxygen atoms in total. The molecular formula is C18H20N4. The molecular weight excluding hydrogens is 272 g/mol. The number of aromatic nitrogens is 3. The third kappa shape index (κ3) is 2.74. The summed E-state index contributed by atoms with van der Waals surface area (Å²) in [4.78, 5) is 14.5. The van der Waals surface area contributed by atoms with E-state index in [9.17, 15) is 0 Å². The molecule has 4 heteroatoms. The molecule has 1 unspecified atom stereocenters. The molecule has 0 spiro atoms. The lowest BCUT2D eigenvalue weighted by molar-refractivity contribution is 0.198. The molecule has 1 aliphatic rings. The standard InChI is InChI=1S/C18H20N4/c1-2-16(18-11-19-7-8-21-18)13-22(9-1)12-14-3-4-17-15(10-14)5-6-20-17/h3-8,10-11,16,20H,1-2,9,12-13H2. The van der Waals surface area contributed by atoms with Gasteiger partial charge in [-0.25, -0.2) is 0 Å². The first-order valence-corrected chi connectivity index (χ1v) is 7.93. The molecule has 1 fully saturated rings. The molecule has 0 saturated carbocycles. The van der Waals surface area contributed by atoms with Crippen LogP contribution in [0.15, 0.2) is 49.1 Å². The number of hydrogen-bond donors (Lipinski definition) is 1. The molecule has 112 valence electrons. The maximum atomic E-state index is 4.48. The predicted molar refractivity (Wildman–Crippen MR) is 87.6 cm³/mol. The van der Waals surface area contributed by atoms with Gasteiger partial charge in [-0.3, -0.25) is 14.9 Å². The quantitative estimate of drug-likeness (QED) is 0.805. The van der Waals surface area contributed by atoms with Crippen LogP contribution in [0.5, 0.6) is 0 Å². The van der Waals surface area contributed by atoms with Gasteiger partial charge in [-0.2, -0.15) is 0 Å². The molecule has 1 N–H and O–H groups in total. The first-order chi connectivity index (χ1) is 10.9. The maximum Gasteiger partial charge on any atom is 0.0630 e. The number of likely N-dealkylation sites (tertiary alicyclic amines) is 1. The Morgan fingerprint density at radius 3 is 3.14 bits per heavy atom. The Morgan fingerprint density at radius 1 is 1.23 bits per heavy atom. The normalized spacial score (nSPS) is 19.5. The lowest BCUT2D eigenvalue weighted by Gasteiger charge is -2.32. The zero-order valence-corrected chi connectivity index (χ0v) is 12.6. The summed E-state index contributed by atoms with van der Waals surface area (Å²) in [5.74, 6) is 0.512. The van der Waals surface area contributed by atoms with Gasteiger partial charge in [0.15, 0.2) is 0 Å². The van der Waals surface area contributed by atoms with Gasteiger partial charge >= 0.3 is 0 Å². The molecule has 3 heterocycles. The van der Waals surface area contributed by atoms with Gasteiger partial charge in [-0.05, 0) is 48.5 Å². The van der Waals surface area contributed by atoms with E-state index in [0.29, 0.717) is 5.92 Å².